The second-order valence-corrected chi connectivity index (χ2v) is 6.78. The molecule has 4 heteroatoms. The molecule has 18 heavy (non-hydrogen) atoms. The first-order valence-electron chi connectivity index (χ1n) is 6.97. The van der Waals surface area contributed by atoms with Gasteiger partial charge in [-0.25, -0.2) is 0 Å². The van der Waals surface area contributed by atoms with Crippen LogP contribution in [0.5, 0.6) is 0 Å². The number of aromatic nitrogens is 2. The standard InChI is InChI=1S/C14H25N3S/c1-11(2)14-13(10-17(3)16-14)9-15-8-12-4-6-18-7-5-12/h10-12,15H,4-9H2,1-3H3. The van der Waals surface area contributed by atoms with Crippen LogP contribution in [0, 0.1) is 5.92 Å². The van der Waals surface area contributed by atoms with E-state index in [0.29, 0.717) is 5.92 Å². The van der Waals surface area contributed by atoms with Gasteiger partial charge in [-0.1, -0.05) is 13.8 Å². The molecule has 0 aromatic carbocycles. The minimum absolute atomic E-state index is 0.508. The molecule has 1 aromatic heterocycles. The first kappa shape index (κ1) is 13.9. The molecule has 1 aliphatic rings. The van der Waals surface area contributed by atoms with Crippen LogP contribution in [0.4, 0.5) is 0 Å². The first-order valence-corrected chi connectivity index (χ1v) is 8.13. The van der Waals surface area contributed by atoms with E-state index in [0.717, 1.165) is 19.0 Å². The van der Waals surface area contributed by atoms with Crippen LogP contribution in [0.1, 0.15) is 43.9 Å². The predicted molar refractivity (Wildman–Crippen MR) is 79.1 cm³/mol. The van der Waals surface area contributed by atoms with Crippen molar-refractivity contribution in [3.8, 4) is 0 Å². The smallest absolute Gasteiger partial charge is 0.0694 e. The van der Waals surface area contributed by atoms with Gasteiger partial charge in [-0.3, -0.25) is 4.68 Å². The van der Waals surface area contributed by atoms with Crippen LogP contribution in [0.15, 0.2) is 6.20 Å². The second-order valence-electron chi connectivity index (χ2n) is 5.55. The Morgan fingerprint density at radius 1 is 1.44 bits per heavy atom. The fourth-order valence-electron chi connectivity index (χ4n) is 2.54. The number of hydrogen-bond acceptors (Lipinski definition) is 3. The lowest BCUT2D eigenvalue weighted by Crippen LogP contribution is -2.25. The van der Waals surface area contributed by atoms with Crippen molar-refractivity contribution in [2.24, 2.45) is 13.0 Å². The monoisotopic (exact) mass is 267 g/mol. The van der Waals surface area contributed by atoms with Crippen molar-refractivity contribution in [3.63, 3.8) is 0 Å². The van der Waals surface area contributed by atoms with Gasteiger partial charge >= 0.3 is 0 Å². The van der Waals surface area contributed by atoms with Crippen molar-refractivity contribution < 1.29 is 0 Å². The summed E-state index contributed by atoms with van der Waals surface area (Å²) in [6.45, 7) is 6.55. The Morgan fingerprint density at radius 2 is 2.17 bits per heavy atom. The van der Waals surface area contributed by atoms with Gasteiger partial charge < -0.3 is 5.32 Å². The Bertz CT molecular complexity index is 367. The summed E-state index contributed by atoms with van der Waals surface area (Å²) in [4.78, 5) is 0. The van der Waals surface area contributed by atoms with Crippen molar-refractivity contribution in [1.82, 2.24) is 15.1 Å². The predicted octanol–water partition coefficient (Wildman–Crippen LogP) is 2.78. The molecular weight excluding hydrogens is 242 g/mol. The highest BCUT2D eigenvalue weighted by Gasteiger charge is 2.14. The number of hydrogen-bond donors (Lipinski definition) is 1. The highest BCUT2D eigenvalue weighted by Crippen LogP contribution is 2.22. The molecule has 1 aliphatic heterocycles. The van der Waals surface area contributed by atoms with E-state index in [2.05, 4.69) is 42.2 Å². The topological polar surface area (TPSA) is 29.9 Å². The van der Waals surface area contributed by atoms with Gasteiger partial charge in [0.15, 0.2) is 0 Å². The molecule has 0 radical (unpaired) electrons. The van der Waals surface area contributed by atoms with Crippen molar-refractivity contribution in [2.75, 3.05) is 18.1 Å². The zero-order valence-electron chi connectivity index (χ0n) is 11.8. The Balaban J connectivity index is 1.82. The van der Waals surface area contributed by atoms with Crippen LogP contribution in [-0.2, 0) is 13.6 Å². The molecule has 1 N–H and O–H groups in total. The van der Waals surface area contributed by atoms with Gasteiger partial charge in [0, 0.05) is 25.4 Å². The molecular formula is C14H25N3S. The van der Waals surface area contributed by atoms with Gasteiger partial charge in [0.25, 0.3) is 0 Å². The SMILES string of the molecule is CC(C)c1nn(C)cc1CNCC1CCSCC1. The summed E-state index contributed by atoms with van der Waals surface area (Å²) in [5, 5.41) is 8.17. The Morgan fingerprint density at radius 3 is 2.83 bits per heavy atom. The lowest BCUT2D eigenvalue weighted by atomic mass is 10.0. The lowest BCUT2D eigenvalue weighted by molar-refractivity contribution is 0.447. The second kappa shape index (κ2) is 6.62. The molecule has 0 amide bonds. The molecule has 0 atom stereocenters. The molecule has 0 unspecified atom stereocenters. The Labute approximate surface area is 115 Å². The van der Waals surface area contributed by atoms with Crippen molar-refractivity contribution >= 4 is 11.8 Å². The third-order valence-corrected chi connectivity index (χ3v) is 4.62. The van der Waals surface area contributed by atoms with Gasteiger partial charge in [-0.05, 0) is 42.7 Å². The van der Waals surface area contributed by atoms with Gasteiger partial charge in [-0.15, -0.1) is 0 Å². The van der Waals surface area contributed by atoms with E-state index in [1.54, 1.807) is 0 Å². The number of rotatable bonds is 5. The van der Waals surface area contributed by atoms with Crippen LogP contribution < -0.4 is 5.32 Å². The fraction of sp³-hybridized carbons (Fsp3) is 0.786. The molecule has 3 nitrogen and oxygen atoms in total. The zero-order chi connectivity index (χ0) is 13.0. The molecule has 2 rings (SSSR count). The summed E-state index contributed by atoms with van der Waals surface area (Å²) < 4.78 is 1.93. The third kappa shape index (κ3) is 3.75. The molecule has 2 heterocycles. The third-order valence-electron chi connectivity index (χ3n) is 3.57. The first-order chi connectivity index (χ1) is 8.66. The molecule has 1 aromatic rings. The number of nitrogens with one attached hydrogen (secondary N) is 1. The maximum atomic E-state index is 4.55. The van der Waals surface area contributed by atoms with Gasteiger partial charge in [-0.2, -0.15) is 16.9 Å². The molecule has 0 spiro atoms. The summed E-state index contributed by atoms with van der Waals surface area (Å²) in [6, 6.07) is 0. The van der Waals surface area contributed by atoms with Crippen LogP contribution in [0.3, 0.4) is 0 Å². The summed E-state index contributed by atoms with van der Waals surface area (Å²) in [5.41, 5.74) is 2.60. The van der Waals surface area contributed by atoms with E-state index in [1.807, 2.05) is 11.7 Å². The van der Waals surface area contributed by atoms with Crippen LogP contribution >= 0.6 is 11.8 Å². The van der Waals surface area contributed by atoms with Crippen LogP contribution in [0.25, 0.3) is 0 Å². The largest absolute Gasteiger partial charge is 0.312 e. The normalized spacial score (nSPS) is 17.6. The summed E-state index contributed by atoms with van der Waals surface area (Å²) in [6.07, 6.45) is 4.91. The Hall–Kier alpha value is -0.480. The molecule has 0 saturated carbocycles. The molecule has 0 bridgehead atoms. The van der Waals surface area contributed by atoms with Crippen molar-refractivity contribution in [1.29, 1.82) is 0 Å². The molecule has 1 fully saturated rings. The number of nitrogens with zero attached hydrogens (tertiary/aromatic N) is 2. The maximum absolute atomic E-state index is 4.55. The highest BCUT2D eigenvalue weighted by molar-refractivity contribution is 7.99. The van der Waals surface area contributed by atoms with Crippen molar-refractivity contribution in [3.05, 3.63) is 17.5 Å². The molecule has 1 saturated heterocycles. The number of thioether (sulfide) groups is 1. The quantitative estimate of drug-likeness (QED) is 0.889. The minimum Gasteiger partial charge on any atom is -0.312 e. The molecule has 102 valence electrons. The van der Waals surface area contributed by atoms with Crippen LogP contribution in [-0.4, -0.2) is 27.8 Å². The van der Waals surface area contributed by atoms with E-state index < -0.39 is 0 Å². The highest BCUT2D eigenvalue weighted by atomic mass is 32.2. The zero-order valence-corrected chi connectivity index (χ0v) is 12.6. The van der Waals surface area contributed by atoms with E-state index in [9.17, 15) is 0 Å². The minimum atomic E-state index is 0.508. The van der Waals surface area contributed by atoms with E-state index in [4.69, 9.17) is 0 Å². The van der Waals surface area contributed by atoms with Crippen molar-refractivity contribution in [2.45, 2.75) is 39.2 Å². The average Bonchev–Trinajstić information content (AvgIpc) is 2.72. The lowest BCUT2D eigenvalue weighted by Gasteiger charge is -2.21. The average molecular weight is 267 g/mol. The summed E-state index contributed by atoms with van der Waals surface area (Å²) in [7, 11) is 2.01. The van der Waals surface area contributed by atoms with Gasteiger partial charge in [0.2, 0.25) is 0 Å². The van der Waals surface area contributed by atoms with Gasteiger partial charge in [0.1, 0.15) is 0 Å². The Kier molecular flexibility index (Phi) is 5.13. The van der Waals surface area contributed by atoms with Crippen LogP contribution in [0.2, 0.25) is 0 Å². The van der Waals surface area contributed by atoms with E-state index in [1.165, 1.54) is 35.6 Å². The van der Waals surface area contributed by atoms with E-state index in [-0.39, 0.29) is 0 Å². The maximum Gasteiger partial charge on any atom is 0.0694 e. The summed E-state index contributed by atoms with van der Waals surface area (Å²) in [5.74, 6) is 4.08. The number of aryl methyl sites for hydroxylation is 1. The fourth-order valence-corrected chi connectivity index (χ4v) is 3.74. The summed E-state index contributed by atoms with van der Waals surface area (Å²) >= 11 is 2.10. The van der Waals surface area contributed by atoms with Gasteiger partial charge in [0.05, 0.1) is 5.69 Å². The molecule has 0 aliphatic carbocycles. The van der Waals surface area contributed by atoms with E-state index >= 15 is 0 Å².